The molecule has 0 spiro atoms. The second-order valence-corrected chi connectivity index (χ2v) is 6.93. The molecular weight excluding hydrogens is 322 g/mol. The molecule has 1 fully saturated rings. The summed E-state index contributed by atoms with van der Waals surface area (Å²) >= 11 is 0. The SMILES string of the molecule is Cc1cccnc1[C@@H]1CCC[C@H](c2nc3ccccc3n2CCC#N)N1. The van der Waals surface area contributed by atoms with E-state index >= 15 is 0 Å². The molecule has 1 N–H and O–H groups in total. The fraction of sp³-hybridized carbons (Fsp3) is 0.381. The van der Waals surface area contributed by atoms with E-state index in [1.165, 1.54) is 5.56 Å². The van der Waals surface area contributed by atoms with Gasteiger partial charge in [0.05, 0.1) is 41.3 Å². The zero-order valence-electron chi connectivity index (χ0n) is 15.0. The summed E-state index contributed by atoms with van der Waals surface area (Å²) < 4.78 is 2.21. The van der Waals surface area contributed by atoms with Crippen LogP contribution in [0.5, 0.6) is 0 Å². The highest BCUT2D eigenvalue weighted by Crippen LogP contribution is 2.34. The number of fused-ring (bicyclic) bond motifs is 1. The van der Waals surface area contributed by atoms with Gasteiger partial charge in [-0.15, -0.1) is 0 Å². The van der Waals surface area contributed by atoms with Gasteiger partial charge in [-0.3, -0.25) is 10.3 Å². The van der Waals surface area contributed by atoms with Crippen molar-refractivity contribution in [1.29, 1.82) is 5.26 Å². The number of piperidine rings is 1. The number of aryl methyl sites for hydroxylation is 2. The van der Waals surface area contributed by atoms with Crippen LogP contribution >= 0.6 is 0 Å². The predicted octanol–water partition coefficient (Wildman–Crippen LogP) is 4.21. The van der Waals surface area contributed by atoms with E-state index < -0.39 is 0 Å². The van der Waals surface area contributed by atoms with E-state index in [1.54, 1.807) is 0 Å². The Morgan fingerprint density at radius 1 is 1.19 bits per heavy atom. The Labute approximate surface area is 153 Å². The number of nitrogens with one attached hydrogen (secondary N) is 1. The molecule has 26 heavy (non-hydrogen) atoms. The molecule has 0 saturated carbocycles. The molecule has 0 amide bonds. The average molecular weight is 345 g/mol. The Morgan fingerprint density at radius 3 is 2.88 bits per heavy atom. The van der Waals surface area contributed by atoms with E-state index in [0.29, 0.717) is 13.0 Å². The summed E-state index contributed by atoms with van der Waals surface area (Å²) in [7, 11) is 0. The summed E-state index contributed by atoms with van der Waals surface area (Å²) in [4.78, 5) is 9.52. The summed E-state index contributed by atoms with van der Waals surface area (Å²) in [5.41, 5.74) is 4.47. The van der Waals surface area contributed by atoms with Crippen LogP contribution in [0.1, 0.15) is 54.8 Å². The Hall–Kier alpha value is -2.71. The van der Waals surface area contributed by atoms with E-state index in [1.807, 2.05) is 30.5 Å². The smallest absolute Gasteiger partial charge is 0.127 e. The third kappa shape index (κ3) is 3.09. The number of hydrogen-bond acceptors (Lipinski definition) is 4. The quantitative estimate of drug-likeness (QED) is 0.769. The van der Waals surface area contributed by atoms with E-state index in [-0.39, 0.29) is 12.1 Å². The van der Waals surface area contributed by atoms with Crippen molar-refractivity contribution in [2.75, 3.05) is 0 Å². The molecule has 132 valence electrons. The highest BCUT2D eigenvalue weighted by Gasteiger charge is 2.28. The Kier molecular flexibility index (Phi) is 4.68. The third-order valence-corrected chi connectivity index (χ3v) is 5.21. The van der Waals surface area contributed by atoms with Crippen LogP contribution in [0.25, 0.3) is 11.0 Å². The molecule has 0 bridgehead atoms. The molecule has 0 aliphatic carbocycles. The zero-order valence-corrected chi connectivity index (χ0v) is 15.0. The number of hydrogen-bond donors (Lipinski definition) is 1. The Morgan fingerprint density at radius 2 is 2.04 bits per heavy atom. The van der Waals surface area contributed by atoms with Crippen molar-refractivity contribution in [3.63, 3.8) is 0 Å². The molecule has 3 aromatic rings. The van der Waals surface area contributed by atoms with Gasteiger partial charge in [0.1, 0.15) is 5.82 Å². The number of pyridine rings is 1. The van der Waals surface area contributed by atoms with Gasteiger partial charge in [0.25, 0.3) is 0 Å². The molecule has 4 rings (SSSR count). The summed E-state index contributed by atoms with van der Waals surface area (Å²) in [6.45, 7) is 2.80. The van der Waals surface area contributed by atoms with Gasteiger partial charge < -0.3 is 4.57 Å². The lowest BCUT2D eigenvalue weighted by Gasteiger charge is -2.31. The van der Waals surface area contributed by atoms with Crippen LogP contribution in [0.4, 0.5) is 0 Å². The van der Waals surface area contributed by atoms with E-state index in [0.717, 1.165) is 41.8 Å². The van der Waals surface area contributed by atoms with Gasteiger partial charge in [0.2, 0.25) is 0 Å². The normalized spacial score (nSPS) is 20.2. The van der Waals surface area contributed by atoms with Gasteiger partial charge in [-0.25, -0.2) is 4.98 Å². The van der Waals surface area contributed by atoms with Crippen molar-refractivity contribution in [2.45, 2.75) is 51.2 Å². The fourth-order valence-electron chi connectivity index (χ4n) is 3.97. The molecule has 2 aromatic heterocycles. The first-order valence-corrected chi connectivity index (χ1v) is 9.27. The minimum Gasteiger partial charge on any atom is -0.326 e. The van der Waals surface area contributed by atoms with E-state index in [4.69, 9.17) is 10.2 Å². The number of para-hydroxylation sites is 2. The number of aromatic nitrogens is 3. The highest BCUT2D eigenvalue weighted by atomic mass is 15.1. The molecular formula is C21H23N5. The van der Waals surface area contributed by atoms with Gasteiger partial charge in [-0.05, 0) is 49.9 Å². The van der Waals surface area contributed by atoms with Gasteiger partial charge >= 0.3 is 0 Å². The average Bonchev–Trinajstić information content (AvgIpc) is 3.05. The summed E-state index contributed by atoms with van der Waals surface area (Å²) in [5.74, 6) is 1.04. The second-order valence-electron chi connectivity index (χ2n) is 6.93. The van der Waals surface area contributed by atoms with Crippen molar-refractivity contribution >= 4 is 11.0 Å². The minimum atomic E-state index is 0.182. The molecule has 5 heteroatoms. The van der Waals surface area contributed by atoms with E-state index in [2.05, 4.69) is 40.0 Å². The topological polar surface area (TPSA) is 66.5 Å². The van der Waals surface area contributed by atoms with Crippen LogP contribution in [0, 0.1) is 18.3 Å². The van der Waals surface area contributed by atoms with Crippen molar-refractivity contribution in [3.05, 3.63) is 59.7 Å². The van der Waals surface area contributed by atoms with Crippen molar-refractivity contribution in [2.24, 2.45) is 0 Å². The summed E-state index contributed by atoms with van der Waals surface area (Å²) in [6, 6.07) is 15.0. The third-order valence-electron chi connectivity index (χ3n) is 5.21. The van der Waals surface area contributed by atoms with Crippen LogP contribution in [0.15, 0.2) is 42.6 Å². The maximum absolute atomic E-state index is 9.05. The van der Waals surface area contributed by atoms with Crippen LogP contribution in [0.3, 0.4) is 0 Å². The predicted molar refractivity (Wildman–Crippen MR) is 101 cm³/mol. The number of imidazole rings is 1. The zero-order chi connectivity index (χ0) is 17.9. The lowest BCUT2D eigenvalue weighted by Crippen LogP contribution is -2.33. The molecule has 1 aromatic carbocycles. The van der Waals surface area contributed by atoms with Crippen molar-refractivity contribution < 1.29 is 0 Å². The maximum Gasteiger partial charge on any atom is 0.127 e. The number of nitrogens with zero attached hydrogens (tertiary/aromatic N) is 4. The molecule has 5 nitrogen and oxygen atoms in total. The van der Waals surface area contributed by atoms with Crippen LogP contribution in [0.2, 0.25) is 0 Å². The first kappa shape index (κ1) is 16.7. The lowest BCUT2D eigenvalue weighted by molar-refractivity contribution is 0.309. The Balaban J connectivity index is 1.68. The summed E-state index contributed by atoms with van der Waals surface area (Å²) in [5, 5.41) is 12.8. The van der Waals surface area contributed by atoms with Crippen molar-refractivity contribution in [3.8, 4) is 6.07 Å². The number of benzene rings is 1. The highest BCUT2D eigenvalue weighted by molar-refractivity contribution is 5.76. The molecule has 1 aliphatic heterocycles. The van der Waals surface area contributed by atoms with Crippen LogP contribution < -0.4 is 5.32 Å². The Bertz CT molecular complexity index is 952. The molecule has 1 aliphatic rings. The molecule has 3 heterocycles. The minimum absolute atomic E-state index is 0.182. The molecule has 1 saturated heterocycles. The monoisotopic (exact) mass is 345 g/mol. The van der Waals surface area contributed by atoms with E-state index in [9.17, 15) is 0 Å². The maximum atomic E-state index is 9.05. The van der Waals surface area contributed by atoms with Gasteiger partial charge in [0, 0.05) is 12.7 Å². The lowest BCUT2D eigenvalue weighted by atomic mass is 9.94. The van der Waals surface area contributed by atoms with Gasteiger partial charge in [-0.1, -0.05) is 18.2 Å². The number of rotatable bonds is 4. The van der Waals surface area contributed by atoms with Crippen LogP contribution in [-0.4, -0.2) is 14.5 Å². The fourth-order valence-corrected chi connectivity index (χ4v) is 3.97. The van der Waals surface area contributed by atoms with Gasteiger partial charge in [0.15, 0.2) is 0 Å². The summed E-state index contributed by atoms with van der Waals surface area (Å²) in [6.07, 6.45) is 5.64. The molecule has 0 unspecified atom stereocenters. The first-order chi connectivity index (χ1) is 12.8. The van der Waals surface area contributed by atoms with Crippen LogP contribution in [-0.2, 0) is 6.54 Å². The van der Waals surface area contributed by atoms with Crippen molar-refractivity contribution in [1.82, 2.24) is 19.9 Å². The van der Waals surface area contributed by atoms with Gasteiger partial charge in [-0.2, -0.15) is 5.26 Å². The second kappa shape index (κ2) is 7.27. The largest absolute Gasteiger partial charge is 0.326 e. The number of nitriles is 1. The standard InChI is InChI=1S/C21H23N5/c1-15-7-5-13-23-20(15)17-9-4-10-18(24-17)21-25-16-8-2-3-11-19(16)26(21)14-6-12-22/h2-3,5,7-8,11,13,17-18,24H,4,6,9-10,14H2,1H3/t17-,18+/m0/s1. The molecule has 0 radical (unpaired) electrons. The molecule has 2 atom stereocenters. The first-order valence-electron chi connectivity index (χ1n) is 9.27.